The predicted octanol–water partition coefficient (Wildman–Crippen LogP) is 2.42. The van der Waals surface area contributed by atoms with Crippen molar-refractivity contribution in [1.82, 2.24) is 19.5 Å². The molecular weight excluding hydrogens is 298 g/mol. The van der Waals surface area contributed by atoms with Crippen LogP contribution >= 0.6 is 11.8 Å². The molecular formula is C15H13N5OS. The average Bonchev–Trinajstić information content (AvgIpc) is 3.00. The first-order valence-corrected chi connectivity index (χ1v) is 7.65. The lowest BCUT2D eigenvalue weighted by Crippen LogP contribution is -2.07. The highest BCUT2D eigenvalue weighted by atomic mass is 32.2. The fraction of sp³-hybridized carbons (Fsp3) is 0.133. The van der Waals surface area contributed by atoms with E-state index in [9.17, 15) is 5.11 Å². The second kappa shape index (κ2) is 5.43. The van der Waals surface area contributed by atoms with Crippen LogP contribution in [0.4, 0.5) is 11.5 Å². The predicted molar refractivity (Wildman–Crippen MR) is 83.1 cm³/mol. The minimum absolute atomic E-state index is 0.0605. The Balaban J connectivity index is 1.63. The topological polar surface area (TPSA) is 75.9 Å². The van der Waals surface area contributed by atoms with Crippen LogP contribution in [0.15, 0.2) is 52.9 Å². The van der Waals surface area contributed by atoms with Gasteiger partial charge < -0.3 is 15.0 Å². The van der Waals surface area contributed by atoms with Gasteiger partial charge in [0.1, 0.15) is 17.5 Å². The number of anilines is 2. The van der Waals surface area contributed by atoms with Crippen LogP contribution in [0.25, 0.3) is 0 Å². The summed E-state index contributed by atoms with van der Waals surface area (Å²) in [7, 11) is 0. The van der Waals surface area contributed by atoms with Crippen LogP contribution in [0.1, 0.15) is 11.4 Å². The van der Waals surface area contributed by atoms with Gasteiger partial charge in [-0.25, -0.2) is 15.0 Å². The van der Waals surface area contributed by atoms with Crippen LogP contribution in [0.5, 0.6) is 0 Å². The van der Waals surface area contributed by atoms with E-state index in [1.165, 1.54) is 0 Å². The third-order valence-electron chi connectivity index (χ3n) is 3.46. The number of rotatable bonds is 3. The van der Waals surface area contributed by atoms with E-state index in [-0.39, 0.29) is 6.61 Å². The lowest BCUT2D eigenvalue weighted by atomic mass is 10.2. The molecule has 0 saturated carbocycles. The van der Waals surface area contributed by atoms with Gasteiger partial charge in [0.25, 0.3) is 0 Å². The number of fused-ring (bicyclic) bond motifs is 2. The van der Waals surface area contributed by atoms with Crippen LogP contribution in [0.2, 0.25) is 0 Å². The SMILES string of the molecule is OCc1nccn1Cc1ccc2c(c1)Nc1nccnc1S2. The van der Waals surface area contributed by atoms with Gasteiger partial charge in [0.05, 0.1) is 5.69 Å². The lowest BCUT2D eigenvalue weighted by molar-refractivity contribution is 0.266. The third-order valence-corrected chi connectivity index (χ3v) is 4.53. The van der Waals surface area contributed by atoms with E-state index in [4.69, 9.17) is 0 Å². The molecule has 0 amide bonds. The van der Waals surface area contributed by atoms with Crippen LogP contribution in [0, 0.1) is 0 Å². The molecule has 1 aliphatic rings. The largest absolute Gasteiger partial charge is 0.388 e. The molecule has 6 nitrogen and oxygen atoms in total. The van der Waals surface area contributed by atoms with E-state index < -0.39 is 0 Å². The molecule has 4 rings (SSSR count). The first-order chi connectivity index (χ1) is 10.8. The van der Waals surface area contributed by atoms with Crippen LogP contribution in [-0.2, 0) is 13.2 Å². The van der Waals surface area contributed by atoms with E-state index in [1.807, 2.05) is 10.8 Å². The number of hydrogen-bond acceptors (Lipinski definition) is 6. The maximum atomic E-state index is 9.27. The first-order valence-electron chi connectivity index (χ1n) is 6.83. The van der Waals surface area contributed by atoms with Gasteiger partial charge in [-0.1, -0.05) is 17.8 Å². The van der Waals surface area contributed by atoms with Crippen molar-refractivity contribution in [1.29, 1.82) is 0 Å². The molecule has 0 atom stereocenters. The number of aromatic nitrogens is 4. The van der Waals surface area contributed by atoms with Gasteiger partial charge in [-0.3, -0.25) is 0 Å². The molecule has 0 radical (unpaired) electrons. The minimum Gasteiger partial charge on any atom is -0.388 e. The van der Waals surface area contributed by atoms with Crippen molar-refractivity contribution in [3.05, 3.63) is 54.4 Å². The zero-order chi connectivity index (χ0) is 14.9. The van der Waals surface area contributed by atoms with Gasteiger partial charge in [-0.15, -0.1) is 0 Å². The number of imidazole rings is 1. The Bertz CT molecular complexity index is 832. The van der Waals surface area contributed by atoms with E-state index >= 15 is 0 Å². The molecule has 0 unspecified atom stereocenters. The fourth-order valence-corrected chi connectivity index (χ4v) is 3.29. The highest BCUT2D eigenvalue weighted by Gasteiger charge is 2.17. The molecule has 1 aromatic carbocycles. The Labute approximate surface area is 131 Å². The second-order valence-corrected chi connectivity index (χ2v) is 5.93. The highest BCUT2D eigenvalue weighted by Crippen LogP contribution is 2.42. The summed E-state index contributed by atoms with van der Waals surface area (Å²) >= 11 is 1.61. The average molecular weight is 311 g/mol. The number of nitrogens with zero attached hydrogens (tertiary/aromatic N) is 4. The first kappa shape index (κ1) is 13.3. The molecule has 2 N–H and O–H groups in total. The molecule has 0 fully saturated rings. The maximum Gasteiger partial charge on any atom is 0.163 e. The lowest BCUT2D eigenvalue weighted by Gasteiger charge is -2.19. The minimum atomic E-state index is -0.0605. The van der Waals surface area contributed by atoms with Crippen molar-refractivity contribution in [2.45, 2.75) is 23.1 Å². The van der Waals surface area contributed by atoms with Gasteiger partial charge in [0, 0.05) is 36.2 Å². The van der Waals surface area contributed by atoms with Crippen molar-refractivity contribution in [2.75, 3.05) is 5.32 Å². The molecule has 0 bridgehead atoms. The number of aliphatic hydroxyl groups is 1. The maximum absolute atomic E-state index is 9.27. The van der Waals surface area contributed by atoms with Gasteiger partial charge >= 0.3 is 0 Å². The van der Waals surface area contributed by atoms with E-state index in [0.717, 1.165) is 27.0 Å². The number of benzene rings is 1. The summed E-state index contributed by atoms with van der Waals surface area (Å²) in [5.74, 6) is 1.45. The molecule has 3 aromatic rings. The van der Waals surface area contributed by atoms with Gasteiger partial charge in [0.2, 0.25) is 0 Å². The van der Waals surface area contributed by atoms with E-state index in [2.05, 4.69) is 38.5 Å². The standard InChI is InChI=1S/C15H13N5OS/c21-9-13-16-5-6-20(13)8-10-1-2-12-11(7-10)19-14-15(22-12)18-4-3-17-14/h1-7,21H,8-9H2,(H,17,19). The zero-order valence-electron chi connectivity index (χ0n) is 11.6. The normalized spacial score (nSPS) is 12.4. The van der Waals surface area contributed by atoms with Gasteiger partial charge in [0.15, 0.2) is 5.82 Å². The zero-order valence-corrected chi connectivity index (χ0v) is 12.4. The Morgan fingerprint density at radius 2 is 2.05 bits per heavy atom. The van der Waals surface area contributed by atoms with Crippen LogP contribution in [-0.4, -0.2) is 24.6 Å². The van der Waals surface area contributed by atoms with Crippen LogP contribution < -0.4 is 5.32 Å². The summed E-state index contributed by atoms with van der Waals surface area (Å²) < 4.78 is 1.94. The van der Waals surface area contributed by atoms with E-state index in [0.29, 0.717) is 12.4 Å². The molecule has 22 heavy (non-hydrogen) atoms. The molecule has 3 heterocycles. The number of aliphatic hydroxyl groups excluding tert-OH is 1. The number of nitrogens with one attached hydrogen (secondary N) is 1. The Morgan fingerprint density at radius 3 is 2.95 bits per heavy atom. The monoisotopic (exact) mass is 311 g/mol. The second-order valence-electron chi connectivity index (χ2n) is 4.90. The molecule has 0 spiro atoms. The molecule has 110 valence electrons. The summed E-state index contributed by atoms with van der Waals surface area (Å²) in [5.41, 5.74) is 2.16. The molecule has 0 aliphatic carbocycles. The summed E-state index contributed by atoms with van der Waals surface area (Å²) in [4.78, 5) is 13.9. The van der Waals surface area contributed by atoms with E-state index in [1.54, 1.807) is 30.4 Å². The summed E-state index contributed by atoms with van der Waals surface area (Å²) in [6, 6.07) is 6.26. The van der Waals surface area contributed by atoms with Crippen molar-refractivity contribution in [2.24, 2.45) is 0 Å². The number of hydrogen-bond donors (Lipinski definition) is 2. The quantitative estimate of drug-likeness (QED) is 0.605. The fourth-order valence-electron chi connectivity index (χ4n) is 2.41. The third kappa shape index (κ3) is 2.34. The molecule has 1 aliphatic heterocycles. The highest BCUT2D eigenvalue weighted by molar-refractivity contribution is 7.99. The Hall–Kier alpha value is -2.38. The Kier molecular flexibility index (Phi) is 3.28. The van der Waals surface area contributed by atoms with Gasteiger partial charge in [-0.05, 0) is 17.7 Å². The van der Waals surface area contributed by atoms with Crippen molar-refractivity contribution < 1.29 is 5.11 Å². The van der Waals surface area contributed by atoms with Crippen molar-refractivity contribution >= 4 is 23.3 Å². The molecule has 7 heteroatoms. The smallest absolute Gasteiger partial charge is 0.163 e. The molecule has 0 saturated heterocycles. The van der Waals surface area contributed by atoms with Crippen molar-refractivity contribution in [3.63, 3.8) is 0 Å². The summed E-state index contributed by atoms with van der Waals surface area (Å²) in [6.45, 7) is 0.609. The van der Waals surface area contributed by atoms with Gasteiger partial charge in [-0.2, -0.15) is 0 Å². The Morgan fingerprint density at radius 1 is 1.14 bits per heavy atom. The molecule has 2 aromatic heterocycles. The summed E-state index contributed by atoms with van der Waals surface area (Å²) in [5, 5.41) is 13.5. The van der Waals surface area contributed by atoms with Crippen LogP contribution in [0.3, 0.4) is 0 Å². The van der Waals surface area contributed by atoms with Crippen molar-refractivity contribution in [3.8, 4) is 0 Å². The summed E-state index contributed by atoms with van der Waals surface area (Å²) in [6.07, 6.45) is 6.94.